The van der Waals surface area contributed by atoms with Gasteiger partial charge in [-0.15, -0.1) is 0 Å². The minimum atomic E-state index is -0.431. The van der Waals surface area contributed by atoms with Crippen molar-refractivity contribution in [2.24, 2.45) is 0 Å². The van der Waals surface area contributed by atoms with E-state index in [-0.39, 0.29) is 11.9 Å². The molecule has 1 N–H and O–H groups in total. The lowest BCUT2D eigenvalue weighted by atomic mass is 10.2. The summed E-state index contributed by atoms with van der Waals surface area (Å²) in [4.78, 5) is 6.64. The number of nitrogens with zero attached hydrogens (tertiary/aromatic N) is 3. The first-order valence-corrected chi connectivity index (χ1v) is 8.20. The zero-order valence-corrected chi connectivity index (χ0v) is 14.5. The number of piperazine rings is 1. The number of hydrogen-bond donors (Lipinski definition) is 1. The van der Waals surface area contributed by atoms with Gasteiger partial charge in [0.25, 0.3) is 5.89 Å². The molecule has 2 atom stereocenters. The smallest absolute Gasteiger partial charge is 0.267 e. The van der Waals surface area contributed by atoms with Gasteiger partial charge < -0.3 is 14.6 Å². The molecule has 1 fully saturated rings. The van der Waals surface area contributed by atoms with Gasteiger partial charge in [-0.1, -0.05) is 5.16 Å². The molecule has 0 spiro atoms. The maximum atomic E-state index is 13.1. The summed E-state index contributed by atoms with van der Waals surface area (Å²) in [6.07, 6.45) is -0.431. The molecule has 0 aliphatic carbocycles. The predicted octanol–water partition coefficient (Wildman–Crippen LogP) is 2.69. The molecule has 23 heavy (non-hydrogen) atoms. The van der Waals surface area contributed by atoms with Crippen LogP contribution in [0.3, 0.4) is 0 Å². The van der Waals surface area contributed by atoms with Crippen LogP contribution in [0, 0.1) is 5.82 Å². The molecule has 1 aliphatic heterocycles. The second-order valence-corrected chi connectivity index (χ2v) is 6.38. The lowest BCUT2D eigenvalue weighted by Gasteiger charge is -2.30. The number of ether oxygens (including phenoxy) is 1. The average molecular weight is 385 g/mol. The molecule has 0 bridgehead atoms. The number of rotatable bonds is 4. The molecule has 0 radical (unpaired) electrons. The van der Waals surface area contributed by atoms with E-state index in [9.17, 15) is 4.39 Å². The summed E-state index contributed by atoms with van der Waals surface area (Å²) in [6.45, 7) is 4.49. The average Bonchev–Trinajstić information content (AvgIpc) is 3.00. The zero-order valence-electron chi connectivity index (χ0n) is 12.9. The highest BCUT2D eigenvalue weighted by atomic mass is 79.9. The fourth-order valence-electron chi connectivity index (χ4n) is 2.45. The Kier molecular flexibility index (Phi) is 4.93. The number of benzene rings is 1. The Balaban J connectivity index is 1.71. The van der Waals surface area contributed by atoms with Crippen molar-refractivity contribution in [3.05, 3.63) is 40.2 Å². The number of halogens is 2. The third-order valence-corrected chi connectivity index (χ3v) is 4.43. The van der Waals surface area contributed by atoms with Crippen LogP contribution in [-0.4, -0.2) is 41.7 Å². The van der Waals surface area contributed by atoms with Crippen LogP contribution >= 0.6 is 15.9 Å². The molecule has 8 heteroatoms. The molecule has 2 heterocycles. The summed E-state index contributed by atoms with van der Waals surface area (Å²) >= 11 is 3.28. The van der Waals surface area contributed by atoms with E-state index in [1.807, 2.05) is 14.0 Å². The Morgan fingerprint density at radius 1 is 1.52 bits per heavy atom. The van der Waals surface area contributed by atoms with Crippen LogP contribution in [0.15, 0.2) is 27.2 Å². The first kappa shape index (κ1) is 16.4. The van der Waals surface area contributed by atoms with E-state index in [2.05, 4.69) is 36.3 Å². The highest BCUT2D eigenvalue weighted by Gasteiger charge is 2.27. The monoisotopic (exact) mass is 384 g/mol. The highest BCUT2D eigenvalue weighted by Crippen LogP contribution is 2.30. The number of aromatic nitrogens is 2. The minimum absolute atomic E-state index is 0.0889. The van der Waals surface area contributed by atoms with E-state index < -0.39 is 6.10 Å². The lowest BCUT2D eigenvalue weighted by molar-refractivity contribution is 0.172. The summed E-state index contributed by atoms with van der Waals surface area (Å²) < 4.78 is 24.8. The molecule has 1 aromatic heterocycles. The summed E-state index contributed by atoms with van der Waals surface area (Å²) in [5.74, 6) is 1.23. The number of hydrogen-bond acceptors (Lipinski definition) is 6. The van der Waals surface area contributed by atoms with Crippen molar-refractivity contribution >= 4 is 15.9 Å². The third-order valence-electron chi connectivity index (χ3n) is 3.81. The zero-order chi connectivity index (χ0) is 16.4. The molecule has 2 aromatic rings. The molecule has 0 saturated carbocycles. The third kappa shape index (κ3) is 3.70. The van der Waals surface area contributed by atoms with Crippen molar-refractivity contribution in [2.75, 3.05) is 26.7 Å². The van der Waals surface area contributed by atoms with Gasteiger partial charge in [0.1, 0.15) is 11.6 Å². The van der Waals surface area contributed by atoms with Crippen molar-refractivity contribution in [2.45, 2.75) is 19.1 Å². The van der Waals surface area contributed by atoms with Crippen molar-refractivity contribution < 1.29 is 13.7 Å². The van der Waals surface area contributed by atoms with Crippen LogP contribution in [0.1, 0.15) is 30.8 Å². The highest BCUT2D eigenvalue weighted by molar-refractivity contribution is 9.10. The van der Waals surface area contributed by atoms with E-state index in [4.69, 9.17) is 9.26 Å². The molecule has 1 aromatic carbocycles. The Labute approximate surface area is 142 Å². The topological polar surface area (TPSA) is 63.4 Å². The SMILES string of the molecule is CC(Oc1ccc(F)cc1Br)c1nc(C2CNCCN2C)no1. The second kappa shape index (κ2) is 6.94. The fourth-order valence-corrected chi connectivity index (χ4v) is 2.90. The van der Waals surface area contributed by atoms with Crippen LogP contribution < -0.4 is 10.1 Å². The largest absolute Gasteiger partial charge is 0.480 e. The van der Waals surface area contributed by atoms with Gasteiger partial charge in [0.2, 0.25) is 0 Å². The minimum Gasteiger partial charge on any atom is -0.480 e. The molecular weight excluding hydrogens is 367 g/mol. The van der Waals surface area contributed by atoms with Crippen LogP contribution in [-0.2, 0) is 0 Å². The van der Waals surface area contributed by atoms with Crippen LogP contribution in [0.4, 0.5) is 4.39 Å². The van der Waals surface area contributed by atoms with E-state index in [0.29, 0.717) is 21.9 Å². The molecule has 124 valence electrons. The Hall–Kier alpha value is -1.51. The van der Waals surface area contributed by atoms with Gasteiger partial charge >= 0.3 is 0 Å². The predicted molar refractivity (Wildman–Crippen MR) is 85.7 cm³/mol. The van der Waals surface area contributed by atoms with E-state index in [1.54, 1.807) is 6.07 Å². The molecular formula is C15H18BrFN4O2. The van der Waals surface area contributed by atoms with Gasteiger partial charge in [0.05, 0.1) is 10.5 Å². The quantitative estimate of drug-likeness (QED) is 0.873. The number of likely N-dealkylation sites (N-methyl/N-ethyl adjacent to an activating group) is 1. The number of nitrogens with one attached hydrogen (secondary N) is 1. The van der Waals surface area contributed by atoms with Crippen LogP contribution in [0.25, 0.3) is 0 Å². The maximum Gasteiger partial charge on any atom is 0.267 e. The molecule has 6 nitrogen and oxygen atoms in total. The normalized spacial score (nSPS) is 20.4. The first-order chi connectivity index (χ1) is 11.0. The van der Waals surface area contributed by atoms with Gasteiger partial charge in [-0.05, 0) is 48.1 Å². The van der Waals surface area contributed by atoms with E-state index in [1.165, 1.54) is 12.1 Å². The van der Waals surface area contributed by atoms with Crippen LogP contribution in [0.2, 0.25) is 0 Å². The van der Waals surface area contributed by atoms with Gasteiger partial charge in [0, 0.05) is 19.6 Å². The van der Waals surface area contributed by atoms with E-state index >= 15 is 0 Å². The van der Waals surface area contributed by atoms with Crippen molar-refractivity contribution in [1.82, 2.24) is 20.4 Å². The lowest BCUT2D eigenvalue weighted by Crippen LogP contribution is -2.44. The standard InChI is InChI=1S/C15H18BrFN4O2/c1-9(22-13-4-3-10(17)7-11(13)16)15-19-14(20-23-15)12-8-18-5-6-21(12)2/h3-4,7,9,12,18H,5-6,8H2,1-2H3. The van der Waals surface area contributed by atoms with Crippen molar-refractivity contribution in [3.8, 4) is 5.75 Å². The van der Waals surface area contributed by atoms with E-state index in [0.717, 1.165) is 19.6 Å². The van der Waals surface area contributed by atoms with Crippen molar-refractivity contribution in [1.29, 1.82) is 0 Å². The van der Waals surface area contributed by atoms with Gasteiger partial charge in [0.15, 0.2) is 11.9 Å². The summed E-state index contributed by atoms with van der Waals surface area (Å²) in [5.41, 5.74) is 0. The first-order valence-electron chi connectivity index (χ1n) is 7.41. The Bertz CT molecular complexity index is 681. The van der Waals surface area contributed by atoms with Gasteiger partial charge in [-0.25, -0.2) is 4.39 Å². The van der Waals surface area contributed by atoms with Gasteiger partial charge in [-0.3, -0.25) is 4.90 Å². The van der Waals surface area contributed by atoms with Gasteiger partial charge in [-0.2, -0.15) is 4.98 Å². The maximum absolute atomic E-state index is 13.1. The van der Waals surface area contributed by atoms with Crippen LogP contribution in [0.5, 0.6) is 5.75 Å². The molecule has 1 saturated heterocycles. The molecule has 2 unspecified atom stereocenters. The Morgan fingerprint density at radius 2 is 2.35 bits per heavy atom. The molecule has 0 amide bonds. The second-order valence-electron chi connectivity index (χ2n) is 5.53. The molecule has 1 aliphatic rings. The summed E-state index contributed by atoms with van der Waals surface area (Å²) in [7, 11) is 2.04. The summed E-state index contributed by atoms with van der Waals surface area (Å²) in [5, 5.41) is 7.39. The fraction of sp³-hybridized carbons (Fsp3) is 0.467. The Morgan fingerprint density at radius 3 is 3.09 bits per heavy atom. The molecule has 3 rings (SSSR count). The van der Waals surface area contributed by atoms with Crippen molar-refractivity contribution in [3.63, 3.8) is 0 Å². The summed E-state index contributed by atoms with van der Waals surface area (Å²) in [6, 6.07) is 4.34.